The SMILES string of the molecule is Cc1ccc(NC(=O)COC(=O)/C=C/c2cccc3cccnc23)cc1S(=O)(=O)N(C)C. The number of carbonyl (C=O) groups excluding carboxylic acids is 2. The molecule has 9 heteroatoms. The standard InChI is InChI=1S/C23H23N3O5S/c1-16-9-11-19(14-20(16)32(29,30)26(2)3)25-21(27)15-31-22(28)12-10-18-7-4-6-17-8-5-13-24-23(17)18/h4-14H,15H2,1-3H3,(H,25,27)/b12-10+. The van der Waals surface area contributed by atoms with Gasteiger partial charge in [-0.05, 0) is 36.8 Å². The molecule has 2 aromatic carbocycles. The third kappa shape index (κ3) is 5.37. The minimum absolute atomic E-state index is 0.0870. The van der Waals surface area contributed by atoms with Crippen LogP contribution in [0.3, 0.4) is 0 Å². The van der Waals surface area contributed by atoms with Crippen molar-refractivity contribution in [2.24, 2.45) is 0 Å². The number of pyridine rings is 1. The van der Waals surface area contributed by atoms with E-state index >= 15 is 0 Å². The van der Waals surface area contributed by atoms with Gasteiger partial charge in [0.1, 0.15) is 0 Å². The van der Waals surface area contributed by atoms with E-state index in [4.69, 9.17) is 4.74 Å². The molecule has 8 nitrogen and oxygen atoms in total. The Hall–Kier alpha value is -3.56. The van der Waals surface area contributed by atoms with Gasteiger partial charge in [-0.2, -0.15) is 0 Å². The molecular formula is C23H23N3O5S. The predicted molar refractivity (Wildman–Crippen MR) is 122 cm³/mol. The van der Waals surface area contributed by atoms with Crippen LogP contribution in [0.5, 0.6) is 0 Å². The van der Waals surface area contributed by atoms with E-state index in [0.717, 1.165) is 20.8 Å². The lowest BCUT2D eigenvalue weighted by Gasteiger charge is -2.15. The minimum Gasteiger partial charge on any atom is -0.452 e. The number of nitrogens with zero attached hydrogens (tertiary/aromatic N) is 2. The second-order valence-electron chi connectivity index (χ2n) is 7.18. The molecule has 0 aliphatic carbocycles. The van der Waals surface area contributed by atoms with Gasteiger partial charge in [-0.25, -0.2) is 17.5 Å². The fourth-order valence-corrected chi connectivity index (χ4v) is 4.10. The molecule has 3 rings (SSSR count). The molecule has 0 spiro atoms. The average molecular weight is 454 g/mol. The maximum Gasteiger partial charge on any atom is 0.331 e. The molecule has 0 atom stereocenters. The number of ether oxygens (including phenoxy) is 1. The summed E-state index contributed by atoms with van der Waals surface area (Å²) in [5, 5.41) is 3.48. The number of aromatic nitrogens is 1. The van der Waals surface area contributed by atoms with Gasteiger partial charge in [0.15, 0.2) is 6.61 Å². The number of carbonyl (C=O) groups is 2. The molecule has 166 valence electrons. The van der Waals surface area contributed by atoms with Gasteiger partial charge in [-0.1, -0.05) is 30.3 Å². The van der Waals surface area contributed by atoms with Crippen molar-refractivity contribution in [3.05, 3.63) is 71.9 Å². The molecule has 0 saturated carbocycles. The molecular weight excluding hydrogens is 430 g/mol. The van der Waals surface area contributed by atoms with Crippen molar-refractivity contribution in [1.29, 1.82) is 0 Å². The Morgan fingerprint density at radius 2 is 1.88 bits per heavy atom. The Balaban J connectivity index is 1.61. The number of benzene rings is 2. The van der Waals surface area contributed by atoms with E-state index in [1.807, 2.05) is 30.3 Å². The van der Waals surface area contributed by atoms with Crippen LogP contribution in [0.25, 0.3) is 17.0 Å². The highest BCUT2D eigenvalue weighted by Gasteiger charge is 2.20. The molecule has 0 aliphatic heterocycles. The molecule has 3 aromatic rings. The fourth-order valence-electron chi connectivity index (χ4n) is 2.95. The highest BCUT2D eigenvalue weighted by Crippen LogP contribution is 2.22. The van der Waals surface area contributed by atoms with Crippen LogP contribution in [0.1, 0.15) is 11.1 Å². The monoisotopic (exact) mass is 453 g/mol. The summed E-state index contributed by atoms with van der Waals surface area (Å²) in [5.41, 5.74) is 2.34. The van der Waals surface area contributed by atoms with E-state index in [1.165, 1.54) is 26.2 Å². The van der Waals surface area contributed by atoms with Gasteiger partial charge in [-0.15, -0.1) is 0 Å². The molecule has 0 fully saturated rings. The molecule has 0 saturated heterocycles. The van der Waals surface area contributed by atoms with Gasteiger partial charge in [0, 0.05) is 43.0 Å². The molecule has 0 unspecified atom stereocenters. The van der Waals surface area contributed by atoms with E-state index in [-0.39, 0.29) is 10.6 Å². The van der Waals surface area contributed by atoms with Crippen molar-refractivity contribution in [3.63, 3.8) is 0 Å². The lowest BCUT2D eigenvalue weighted by molar-refractivity contribution is -0.142. The van der Waals surface area contributed by atoms with E-state index in [1.54, 1.807) is 31.3 Å². The largest absolute Gasteiger partial charge is 0.452 e. The third-order valence-corrected chi connectivity index (χ3v) is 6.60. The number of fused-ring (bicyclic) bond motifs is 1. The summed E-state index contributed by atoms with van der Waals surface area (Å²) in [7, 11) is -0.795. The van der Waals surface area contributed by atoms with Gasteiger partial charge in [-0.3, -0.25) is 9.78 Å². The number of anilines is 1. The van der Waals surface area contributed by atoms with E-state index < -0.39 is 28.5 Å². The van der Waals surface area contributed by atoms with Gasteiger partial charge >= 0.3 is 5.97 Å². The summed E-state index contributed by atoms with van der Waals surface area (Å²) in [6.07, 6.45) is 4.47. The zero-order valence-corrected chi connectivity index (χ0v) is 18.7. The average Bonchev–Trinajstić information content (AvgIpc) is 2.77. The number of aryl methyl sites for hydroxylation is 1. The summed E-state index contributed by atoms with van der Waals surface area (Å²) in [4.78, 5) is 28.6. The quantitative estimate of drug-likeness (QED) is 0.436. The zero-order valence-electron chi connectivity index (χ0n) is 17.9. The van der Waals surface area contributed by atoms with Crippen LogP contribution in [-0.2, 0) is 24.3 Å². The Morgan fingerprint density at radius 3 is 2.62 bits per heavy atom. The van der Waals surface area contributed by atoms with Crippen LogP contribution in [0.2, 0.25) is 0 Å². The van der Waals surface area contributed by atoms with Gasteiger partial charge in [0.05, 0.1) is 10.4 Å². The minimum atomic E-state index is -3.66. The zero-order chi connectivity index (χ0) is 23.3. The Kier molecular flexibility index (Phi) is 7.01. The molecule has 1 amide bonds. The predicted octanol–water partition coefficient (Wildman–Crippen LogP) is 2.99. The van der Waals surface area contributed by atoms with Crippen LogP contribution in [-0.4, -0.2) is 50.3 Å². The van der Waals surface area contributed by atoms with Crippen LogP contribution in [0, 0.1) is 6.92 Å². The molecule has 0 bridgehead atoms. The fraction of sp³-hybridized carbons (Fsp3) is 0.174. The first-order valence-corrected chi connectivity index (χ1v) is 11.1. The van der Waals surface area contributed by atoms with Crippen molar-refractivity contribution in [3.8, 4) is 0 Å². The normalized spacial score (nSPS) is 11.8. The smallest absolute Gasteiger partial charge is 0.331 e. The van der Waals surface area contributed by atoms with Gasteiger partial charge in [0.25, 0.3) is 5.91 Å². The number of esters is 1. The van der Waals surface area contributed by atoms with Crippen molar-refractivity contribution in [1.82, 2.24) is 9.29 Å². The number of amides is 1. The summed E-state index contributed by atoms with van der Waals surface area (Å²) in [5.74, 6) is -1.27. The number of rotatable bonds is 7. The summed E-state index contributed by atoms with van der Waals surface area (Å²) in [6.45, 7) is 1.15. The van der Waals surface area contributed by atoms with Crippen molar-refractivity contribution in [2.45, 2.75) is 11.8 Å². The number of nitrogens with one attached hydrogen (secondary N) is 1. The maximum absolute atomic E-state index is 12.4. The van der Waals surface area contributed by atoms with Crippen molar-refractivity contribution < 1.29 is 22.7 Å². The number of hydrogen-bond donors (Lipinski definition) is 1. The lowest BCUT2D eigenvalue weighted by atomic mass is 10.1. The van der Waals surface area contributed by atoms with Gasteiger partial charge in [0.2, 0.25) is 10.0 Å². The van der Waals surface area contributed by atoms with E-state index in [0.29, 0.717) is 5.56 Å². The highest BCUT2D eigenvalue weighted by molar-refractivity contribution is 7.89. The summed E-state index contributed by atoms with van der Waals surface area (Å²) in [6, 6.07) is 13.9. The first-order chi connectivity index (χ1) is 15.2. The van der Waals surface area contributed by atoms with Crippen LogP contribution in [0.4, 0.5) is 5.69 Å². The number of para-hydroxylation sites is 1. The maximum atomic E-state index is 12.4. The molecule has 0 radical (unpaired) electrons. The first-order valence-electron chi connectivity index (χ1n) is 9.70. The second kappa shape index (κ2) is 9.71. The van der Waals surface area contributed by atoms with Crippen LogP contribution >= 0.6 is 0 Å². The third-order valence-electron chi connectivity index (χ3n) is 4.64. The van der Waals surface area contributed by atoms with Crippen LogP contribution < -0.4 is 5.32 Å². The van der Waals surface area contributed by atoms with E-state index in [2.05, 4.69) is 10.3 Å². The van der Waals surface area contributed by atoms with Gasteiger partial charge < -0.3 is 10.1 Å². The Bertz CT molecular complexity index is 1290. The number of hydrogen-bond acceptors (Lipinski definition) is 6. The molecule has 1 aromatic heterocycles. The molecule has 0 aliphatic rings. The number of sulfonamides is 1. The summed E-state index contributed by atoms with van der Waals surface area (Å²) < 4.78 is 30.9. The highest BCUT2D eigenvalue weighted by atomic mass is 32.2. The summed E-state index contributed by atoms with van der Waals surface area (Å²) >= 11 is 0. The Morgan fingerprint density at radius 1 is 1.12 bits per heavy atom. The molecule has 32 heavy (non-hydrogen) atoms. The molecule has 1 heterocycles. The van der Waals surface area contributed by atoms with Crippen molar-refractivity contribution in [2.75, 3.05) is 26.0 Å². The lowest BCUT2D eigenvalue weighted by Crippen LogP contribution is -2.24. The molecule has 1 N–H and O–H groups in total. The van der Waals surface area contributed by atoms with Crippen molar-refractivity contribution >= 4 is 44.6 Å². The Labute approximate surface area is 186 Å². The van der Waals surface area contributed by atoms with Crippen LogP contribution in [0.15, 0.2) is 65.7 Å². The van der Waals surface area contributed by atoms with E-state index in [9.17, 15) is 18.0 Å². The second-order valence-corrected chi connectivity index (χ2v) is 9.30. The first kappa shape index (κ1) is 23.1. The topological polar surface area (TPSA) is 106 Å².